The molecule has 1 unspecified atom stereocenters. The number of ether oxygens (including phenoxy) is 5. The minimum Gasteiger partial charge on any atom is -0.496 e. The van der Waals surface area contributed by atoms with E-state index in [1.807, 2.05) is 0 Å². The summed E-state index contributed by atoms with van der Waals surface area (Å²) in [6.07, 6.45) is 5.40. The molecule has 1 atom stereocenters. The minimum atomic E-state index is -0.733. The molecule has 1 aliphatic heterocycles. The van der Waals surface area contributed by atoms with Gasteiger partial charge < -0.3 is 39.4 Å². The molecule has 0 aliphatic carbocycles. The molecule has 1 aliphatic rings. The van der Waals surface area contributed by atoms with E-state index in [0.29, 0.717) is 67.0 Å². The minimum absolute atomic E-state index is 0. The first kappa shape index (κ1) is 27.9. The van der Waals surface area contributed by atoms with Crippen molar-refractivity contribution in [3.8, 4) is 41.1 Å². The fraction of sp³-hybridized carbons (Fsp3) is 0.400. The summed E-state index contributed by atoms with van der Waals surface area (Å²) in [4.78, 5) is 11.8. The van der Waals surface area contributed by atoms with Crippen molar-refractivity contribution >= 4 is 24.0 Å². The van der Waals surface area contributed by atoms with Gasteiger partial charge in [-0.25, -0.2) is 0 Å². The lowest BCUT2D eigenvalue weighted by Gasteiger charge is -2.23. The Bertz CT molecular complexity index is 1000. The predicted octanol–water partition coefficient (Wildman–Crippen LogP) is 2.43. The van der Waals surface area contributed by atoms with Crippen molar-refractivity contribution in [3.05, 3.63) is 35.9 Å². The number of benzene rings is 2. The van der Waals surface area contributed by atoms with Gasteiger partial charge in [0, 0.05) is 43.3 Å². The lowest BCUT2D eigenvalue weighted by Crippen LogP contribution is -2.33. The summed E-state index contributed by atoms with van der Waals surface area (Å²) in [6, 6.07) is 8.78. The van der Waals surface area contributed by atoms with Crippen LogP contribution in [0.1, 0.15) is 12.0 Å². The summed E-state index contributed by atoms with van der Waals surface area (Å²) >= 11 is 0. The molecule has 0 fully saturated rings. The third kappa shape index (κ3) is 8.14. The summed E-state index contributed by atoms with van der Waals surface area (Å²) in [7, 11) is 3.16. The van der Waals surface area contributed by atoms with E-state index in [4.69, 9.17) is 30.1 Å². The average molecular weight is 507 g/mol. The molecule has 3 rings (SSSR count). The largest absolute Gasteiger partial charge is 0.496 e. The van der Waals surface area contributed by atoms with Crippen molar-refractivity contribution in [1.82, 2.24) is 5.32 Å². The topological polar surface area (TPSA) is 108 Å². The molecule has 2 aromatic carbocycles. The van der Waals surface area contributed by atoms with Gasteiger partial charge in [-0.05, 0) is 18.6 Å². The Morgan fingerprint density at radius 3 is 2.43 bits per heavy atom. The number of halogens is 1. The summed E-state index contributed by atoms with van der Waals surface area (Å²) in [5.41, 5.74) is 1.40. The molecule has 1 amide bonds. The van der Waals surface area contributed by atoms with Gasteiger partial charge >= 0.3 is 0 Å². The van der Waals surface area contributed by atoms with Gasteiger partial charge in [0.15, 0.2) is 0 Å². The fourth-order valence-electron chi connectivity index (χ4n) is 3.43. The highest BCUT2D eigenvalue weighted by Gasteiger charge is 2.23. The summed E-state index contributed by atoms with van der Waals surface area (Å²) in [6.45, 7) is 1.44. The number of hydrogen-bond donors (Lipinski definition) is 3. The molecule has 0 spiro atoms. The molecular weight excluding hydrogens is 476 g/mol. The molecule has 1 heterocycles. The Hall–Kier alpha value is -3.32. The number of fused-ring (bicyclic) bond motifs is 1. The predicted molar refractivity (Wildman–Crippen MR) is 134 cm³/mol. The van der Waals surface area contributed by atoms with Gasteiger partial charge in [0.05, 0.1) is 19.9 Å². The first-order valence-corrected chi connectivity index (χ1v) is 10.9. The number of hydrogen-bond acceptors (Lipinski definition) is 8. The van der Waals surface area contributed by atoms with Gasteiger partial charge in [0.2, 0.25) is 5.91 Å². The number of anilines is 1. The zero-order valence-corrected chi connectivity index (χ0v) is 20.6. The number of rotatable bonds is 13. The standard InChI is InChI=1S/C25H30N2O7.ClH/c1-4-10-33-23-7-6-22(21-5-8-24(29)27-25(21)23)34-16-17(28)15-26-9-11-32-20-13-18(30-2)12-19(14-20)31-3;/h1,6-7,12-14,17,26,28H,5,8-11,15-16H2,2-3H3,(H,27,29);1H. The van der Waals surface area contributed by atoms with Gasteiger partial charge in [0.25, 0.3) is 0 Å². The van der Waals surface area contributed by atoms with E-state index >= 15 is 0 Å². The van der Waals surface area contributed by atoms with Crippen LogP contribution in [-0.4, -0.2) is 64.2 Å². The van der Waals surface area contributed by atoms with Crippen LogP contribution in [0.5, 0.6) is 28.7 Å². The molecular formula is C25H31ClN2O7. The quantitative estimate of drug-likeness (QED) is 0.281. The number of terminal acetylenes is 1. The van der Waals surface area contributed by atoms with Crippen molar-refractivity contribution in [1.29, 1.82) is 0 Å². The lowest BCUT2D eigenvalue weighted by molar-refractivity contribution is -0.116. The molecule has 0 aromatic heterocycles. The third-order valence-electron chi connectivity index (χ3n) is 5.09. The second-order valence-electron chi connectivity index (χ2n) is 7.52. The normalized spacial score (nSPS) is 12.8. The molecule has 35 heavy (non-hydrogen) atoms. The van der Waals surface area contributed by atoms with E-state index < -0.39 is 6.10 Å². The Balaban J connectivity index is 0.00000432. The van der Waals surface area contributed by atoms with Crippen molar-refractivity contribution in [2.24, 2.45) is 0 Å². The molecule has 3 N–H and O–H groups in total. The van der Waals surface area contributed by atoms with Crippen LogP contribution in [0.15, 0.2) is 30.3 Å². The maximum atomic E-state index is 11.8. The van der Waals surface area contributed by atoms with Gasteiger partial charge in [-0.2, -0.15) is 0 Å². The van der Waals surface area contributed by atoms with Crippen molar-refractivity contribution in [2.75, 3.05) is 52.4 Å². The number of nitrogens with one attached hydrogen (secondary N) is 2. The van der Waals surface area contributed by atoms with Crippen LogP contribution in [0.2, 0.25) is 0 Å². The Morgan fingerprint density at radius 1 is 1.06 bits per heavy atom. The second-order valence-corrected chi connectivity index (χ2v) is 7.52. The Labute approximate surface area is 211 Å². The van der Waals surface area contributed by atoms with E-state index in [1.165, 1.54) is 0 Å². The Kier molecular flexibility index (Phi) is 11.3. The highest BCUT2D eigenvalue weighted by atomic mass is 35.5. The highest BCUT2D eigenvalue weighted by molar-refractivity contribution is 5.96. The monoisotopic (exact) mass is 506 g/mol. The van der Waals surface area contributed by atoms with Crippen LogP contribution in [0.3, 0.4) is 0 Å². The van der Waals surface area contributed by atoms with E-state index in [0.717, 1.165) is 5.56 Å². The van der Waals surface area contributed by atoms with E-state index in [9.17, 15) is 9.90 Å². The first-order valence-electron chi connectivity index (χ1n) is 10.9. The molecule has 2 aromatic rings. The molecule has 190 valence electrons. The van der Waals surface area contributed by atoms with Crippen molar-refractivity contribution in [3.63, 3.8) is 0 Å². The SMILES string of the molecule is C#CCOc1ccc(OCC(O)CNCCOc2cc(OC)cc(OC)c2)c2c1NC(=O)CC2.Cl. The zero-order valence-electron chi connectivity index (χ0n) is 19.8. The van der Waals surface area contributed by atoms with Crippen LogP contribution < -0.4 is 34.3 Å². The van der Waals surface area contributed by atoms with Gasteiger partial charge in [-0.3, -0.25) is 4.79 Å². The molecule has 10 heteroatoms. The number of carbonyl (C=O) groups is 1. The number of methoxy groups -OCH3 is 2. The van der Waals surface area contributed by atoms with E-state index in [1.54, 1.807) is 44.6 Å². The van der Waals surface area contributed by atoms with E-state index in [2.05, 4.69) is 16.6 Å². The van der Waals surface area contributed by atoms with Crippen molar-refractivity contribution in [2.45, 2.75) is 18.9 Å². The lowest BCUT2D eigenvalue weighted by atomic mass is 10.0. The van der Waals surface area contributed by atoms with Crippen LogP contribution in [0.25, 0.3) is 0 Å². The zero-order chi connectivity index (χ0) is 24.3. The van der Waals surface area contributed by atoms with Crippen LogP contribution in [-0.2, 0) is 11.2 Å². The van der Waals surface area contributed by atoms with Gasteiger partial charge in [0.1, 0.15) is 54.7 Å². The Morgan fingerprint density at radius 2 is 1.74 bits per heavy atom. The van der Waals surface area contributed by atoms with Crippen molar-refractivity contribution < 1.29 is 33.6 Å². The fourth-order valence-corrected chi connectivity index (χ4v) is 3.43. The maximum Gasteiger partial charge on any atom is 0.224 e. The van der Waals surface area contributed by atoms with E-state index in [-0.39, 0.29) is 31.5 Å². The first-order chi connectivity index (χ1) is 16.5. The summed E-state index contributed by atoms with van der Waals surface area (Å²) in [5.74, 6) is 5.34. The summed E-state index contributed by atoms with van der Waals surface area (Å²) in [5, 5.41) is 16.3. The average Bonchev–Trinajstić information content (AvgIpc) is 2.85. The van der Waals surface area contributed by atoms with Gasteiger partial charge in [-0.1, -0.05) is 5.92 Å². The summed E-state index contributed by atoms with van der Waals surface area (Å²) < 4.78 is 27.5. The van der Waals surface area contributed by atoms with Crippen LogP contribution in [0, 0.1) is 12.3 Å². The number of aliphatic hydroxyl groups is 1. The van der Waals surface area contributed by atoms with Gasteiger partial charge in [-0.15, -0.1) is 18.8 Å². The number of aliphatic hydroxyl groups excluding tert-OH is 1. The molecule has 0 radical (unpaired) electrons. The smallest absolute Gasteiger partial charge is 0.224 e. The molecule has 0 saturated carbocycles. The molecule has 0 bridgehead atoms. The van der Waals surface area contributed by atoms with Crippen LogP contribution in [0.4, 0.5) is 5.69 Å². The molecule has 9 nitrogen and oxygen atoms in total. The van der Waals surface area contributed by atoms with Crippen LogP contribution >= 0.6 is 12.4 Å². The third-order valence-corrected chi connectivity index (χ3v) is 5.09. The maximum absolute atomic E-state index is 11.8. The number of amides is 1. The molecule has 0 saturated heterocycles. The number of carbonyl (C=O) groups excluding carboxylic acids is 1. The second kappa shape index (κ2) is 14.2. The highest BCUT2D eigenvalue weighted by Crippen LogP contribution is 2.39.